The van der Waals surface area contributed by atoms with Gasteiger partial charge in [0.15, 0.2) is 11.4 Å². The summed E-state index contributed by atoms with van der Waals surface area (Å²) in [7, 11) is 0. The van der Waals surface area contributed by atoms with Crippen molar-refractivity contribution in [2.45, 2.75) is 31.3 Å². The maximum atomic E-state index is 13.5. The Balaban J connectivity index is 1.34. The number of aliphatic hydroxyl groups is 1. The summed E-state index contributed by atoms with van der Waals surface area (Å²) in [6, 6.07) is 19.8. The van der Waals surface area contributed by atoms with Crippen molar-refractivity contribution in [3.05, 3.63) is 105 Å². The minimum absolute atomic E-state index is 0.298. The Morgan fingerprint density at radius 2 is 1.79 bits per heavy atom. The number of nitrogens with zero attached hydrogens (tertiary/aromatic N) is 1. The summed E-state index contributed by atoms with van der Waals surface area (Å²) in [6.45, 7) is 0.436. The summed E-state index contributed by atoms with van der Waals surface area (Å²) in [4.78, 5) is 28.1. The van der Waals surface area contributed by atoms with Gasteiger partial charge < -0.3 is 10.0 Å². The molecule has 1 N–H and O–H groups in total. The third-order valence-corrected chi connectivity index (χ3v) is 7.21. The average Bonchev–Trinajstić information content (AvgIpc) is 3.31. The van der Waals surface area contributed by atoms with E-state index in [1.165, 1.54) is 16.7 Å². The molecule has 0 saturated heterocycles. The van der Waals surface area contributed by atoms with E-state index in [0.29, 0.717) is 39.8 Å². The molecule has 0 saturated carbocycles. The zero-order valence-corrected chi connectivity index (χ0v) is 19.9. The Labute approximate surface area is 208 Å². The second-order valence-electron chi connectivity index (χ2n) is 8.75. The molecule has 4 nitrogen and oxygen atoms in total. The van der Waals surface area contributed by atoms with Crippen LogP contribution in [0.25, 0.3) is 5.57 Å². The van der Waals surface area contributed by atoms with Crippen LogP contribution in [0.15, 0.2) is 72.8 Å². The molecule has 0 radical (unpaired) electrons. The first-order valence-electron chi connectivity index (χ1n) is 11.3. The molecule has 0 spiro atoms. The van der Waals surface area contributed by atoms with E-state index in [9.17, 15) is 14.7 Å². The molecule has 1 amide bonds. The van der Waals surface area contributed by atoms with Crippen molar-refractivity contribution in [1.29, 1.82) is 0 Å². The Bertz CT molecular complexity index is 1330. The molecule has 1 aliphatic carbocycles. The normalized spacial score (nSPS) is 18.6. The summed E-state index contributed by atoms with van der Waals surface area (Å²) in [5.74, 6) is -0.847. The summed E-state index contributed by atoms with van der Waals surface area (Å²) in [6.07, 6.45) is 4.24. The van der Waals surface area contributed by atoms with Crippen LogP contribution in [-0.4, -0.2) is 23.3 Å². The van der Waals surface area contributed by atoms with E-state index in [4.69, 9.17) is 23.2 Å². The van der Waals surface area contributed by atoms with Gasteiger partial charge in [-0.2, -0.15) is 0 Å². The molecule has 3 aromatic rings. The molecule has 1 heterocycles. The number of benzene rings is 3. The van der Waals surface area contributed by atoms with Crippen LogP contribution >= 0.6 is 23.2 Å². The minimum Gasteiger partial charge on any atom is -0.375 e. The molecular weight excluding hydrogens is 469 g/mol. The quantitative estimate of drug-likeness (QED) is 0.399. The zero-order valence-electron chi connectivity index (χ0n) is 18.4. The van der Waals surface area contributed by atoms with E-state index in [-0.39, 0.29) is 12.2 Å². The van der Waals surface area contributed by atoms with Crippen molar-refractivity contribution in [1.82, 2.24) is 0 Å². The first-order chi connectivity index (χ1) is 16.4. The van der Waals surface area contributed by atoms with Gasteiger partial charge in [0.2, 0.25) is 0 Å². The van der Waals surface area contributed by atoms with E-state index in [2.05, 4.69) is 12.1 Å². The number of fused-ring (bicyclic) bond motifs is 2. The second kappa shape index (κ2) is 9.03. The number of carbonyl (C=O) groups excluding carboxylic acids is 2. The standard InChI is InChI=1S/C28H23Cl2NO3/c29-20-14-13-19-12-11-18(22(19)16-20)6-5-15-31-25-10-4-2-8-23(25)28(34,27(31)33)17-26(32)21-7-1-3-9-24(21)30/h1-4,7-11,13-14,16,34H,5-6,12,15,17H2/t28-/m1/s1. The van der Waals surface area contributed by atoms with Crippen molar-refractivity contribution in [2.24, 2.45) is 0 Å². The van der Waals surface area contributed by atoms with Crippen LogP contribution in [0.2, 0.25) is 10.0 Å². The van der Waals surface area contributed by atoms with Crippen LogP contribution in [0.1, 0.15) is 46.3 Å². The summed E-state index contributed by atoms with van der Waals surface area (Å²) < 4.78 is 0. The Morgan fingerprint density at radius 1 is 1.03 bits per heavy atom. The highest BCUT2D eigenvalue weighted by atomic mass is 35.5. The van der Waals surface area contributed by atoms with Gasteiger partial charge >= 0.3 is 0 Å². The fraction of sp³-hybridized carbons (Fsp3) is 0.214. The highest BCUT2D eigenvalue weighted by Crippen LogP contribution is 2.43. The number of halogens is 2. The lowest BCUT2D eigenvalue weighted by molar-refractivity contribution is -0.135. The van der Waals surface area contributed by atoms with Crippen molar-refractivity contribution in [3.8, 4) is 0 Å². The lowest BCUT2D eigenvalue weighted by Gasteiger charge is -2.23. The molecule has 0 bridgehead atoms. The number of anilines is 1. The van der Waals surface area contributed by atoms with Gasteiger partial charge in [0.25, 0.3) is 5.91 Å². The smallest absolute Gasteiger partial charge is 0.264 e. The average molecular weight is 492 g/mol. The minimum atomic E-state index is -1.92. The largest absolute Gasteiger partial charge is 0.375 e. The zero-order chi connectivity index (χ0) is 23.9. The van der Waals surface area contributed by atoms with Crippen molar-refractivity contribution >= 4 is 46.2 Å². The van der Waals surface area contributed by atoms with E-state index >= 15 is 0 Å². The molecule has 172 valence electrons. The van der Waals surface area contributed by atoms with Crippen molar-refractivity contribution in [3.63, 3.8) is 0 Å². The first kappa shape index (κ1) is 22.9. The number of carbonyl (C=O) groups is 2. The van der Waals surface area contributed by atoms with Gasteiger partial charge in [-0.25, -0.2) is 0 Å². The van der Waals surface area contributed by atoms with Crippen LogP contribution in [0.5, 0.6) is 0 Å². The maximum Gasteiger partial charge on any atom is 0.264 e. The lowest BCUT2D eigenvalue weighted by Crippen LogP contribution is -2.42. The molecule has 2 aliphatic rings. The van der Waals surface area contributed by atoms with E-state index in [1.54, 1.807) is 41.3 Å². The topological polar surface area (TPSA) is 57.6 Å². The Kier molecular flexibility index (Phi) is 6.07. The molecule has 0 aromatic heterocycles. The highest BCUT2D eigenvalue weighted by Gasteiger charge is 2.50. The van der Waals surface area contributed by atoms with Gasteiger partial charge in [0, 0.05) is 22.7 Å². The van der Waals surface area contributed by atoms with Crippen LogP contribution in [0, 0.1) is 0 Å². The van der Waals surface area contributed by atoms with Crippen LogP contribution in [-0.2, 0) is 16.8 Å². The van der Waals surface area contributed by atoms with Crippen molar-refractivity contribution in [2.75, 3.05) is 11.4 Å². The van der Waals surface area contributed by atoms with Gasteiger partial charge in [-0.1, -0.05) is 65.7 Å². The van der Waals surface area contributed by atoms with Crippen LogP contribution < -0.4 is 4.90 Å². The summed E-state index contributed by atoms with van der Waals surface area (Å²) in [5, 5.41) is 12.5. The molecule has 3 aromatic carbocycles. The second-order valence-corrected chi connectivity index (χ2v) is 9.60. The number of allylic oxidation sites excluding steroid dienone is 2. The summed E-state index contributed by atoms with van der Waals surface area (Å²) >= 11 is 12.4. The first-order valence-corrected chi connectivity index (χ1v) is 12.0. The molecular formula is C28H23Cl2NO3. The number of hydrogen-bond donors (Lipinski definition) is 1. The molecule has 34 heavy (non-hydrogen) atoms. The van der Waals surface area contributed by atoms with Crippen LogP contribution in [0.4, 0.5) is 5.69 Å². The summed E-state index contributed by atoms with van der Waals surface area (Å²) in [5.41, 5.74) is 3.13. The molecule has 5 rings (SSSR count). The number of ketones is 1. The number of para-hydroxylation sites is 1. The third kappa shape index (κ3) is 3.96. The van der Waals surface area contributed by atoms with Crippen molar-refractivity contribution < 1.29 is 14.7 Å². The molecule has 1 aliphatic heterocycles. The van der Waals surface area contributed by atoms with Gasteiger partial charge in [0.05, 0.1) is 17.1 Å². The monoisotopic (exact) mass is 491 g/mol. The fourth-order valence-corrected chi connectivity index (χ4v) is 5.36. The number of amides is 1. The fourth-order valence-electron chi connectivity index (χ4n) is 4.95. The van der Waals surface area contributed by atoms with E-state index in [1.807, 2.05) is 24.3 Å². The SMILES string of the molecule is O=C(C[C@]1(O)C(=O)N(CCCC2=CCc3ccc(Cl)cc32)c2ccccc21)c1ccccc1Cl. The van der Waals surface area contributed by atoms with Gasteiger partial charge in [-0.05, 0) is 66.3 Å². The van der Waals surface area contributed by atoms with Gasteiger partial charge in [-0.15, -0.1) is 0 Å². The number of rotatable bonds is 7. The molecule has 1 atom stereocenters. The molecule has 0 fully saturated rings. The lowest BCUT2D eigenvalue weighted by atomic mass is 9.88. The molecule has 6 heteroatoms. The Hall–Kier alpha value is -2.92. The highest BCUT2D eigenvalue weighted by molar-refractivity contribution is 6.34. The van der Waals surface area contributed by atoms with Gasteiger partial charge in [0.1, 0.15) is 0 Å². The number of hydrogen-bond acceptors (Lipinski definition) is 3. The predicted molar refractivity (Wildman–Crippen MR) is 135 cm³/mol. The van der Waals surface area contributed by atoms with Gasteiger partial charge in [-0.3, -0.25) is 9.59 Å². The molecule has 0 unspecified atom stereocenters. The number of Topliss-reactive ketones (excluding diaryl/α,β-unsaturated/α-hetero) is 1. The van der Waals surface area contributed by atoms with Crippen LogP contribution in [0.3, 0.4) is 0 Å². The third-order valence-electron chi connectivity index (χ3n) is 6.64. The predicted octanol–water partition coefficient (Wildman–Crippen LogP) is 6.22. The van der Waals surface area contributed by atoms with E-state index < -0.39 is 11.5 Å². The Morgan fingerprint density at radius 3 is 2.62 bits per heavy atom. The van der Waals surface area contributed by atoms with E-state index in [0.717, 1.165) is 12.8 Å². The maximum absolute atomic E-state index is 13.5.